The molecule has 0 amide bonds. The molecule has 1 saturated heterocycles. The highest BCUT2D eigenvalue weighted by Crippen LogP contribution is 2.46. The minimum Gasteiger partial charge on any atom is -0.478 e. The fourth-order valence-corrected chi connectivity index (χ4v) is 3.67. The molecule has 0 aromatic carbocycles. The van der Waals surface area contributed by atoms with E-state index in [0.717, 1.165) is 13.1 Å². The van der Waals surface area contributed by atoms with Crippen LogP contribution in [-0.2, 0) is 6.54 Å². The van der Waals surface area contributed by atoms with E-state index in [1.54, 1.807) is 6.07 Å². The summed E-state index contributed by atoms with van der Waals surface area (Å²) >= 11 is 0. The molecule has 0 radical (unpaired) electrons. The zero-order valence-electron chi connectivity index (χ0n) is 11.2. The summed E-state index contributed by atoms with van der Waals surface area (Å²) in [4.78, 5) is 13.4. The number of carboxylic acid groups (broad SMARTS) is 1. The van der Waals surface area contributed by atoms with Gasteiger partial charge in [-0.15, -0.1) is 0 Å². The molecule has 104 valence electrons. The summed E-state index contributed by atoms with van der Waals surface area (Å²) in [6.45, 7) is 2.77. The minimum absolute atomic E-state index is 0.307. The Kier molecular flexibility index (Phi) is 3.35. The first-order chi connectivity index (χ1) is 9.19. The zero-order valence-corrected chi connectivity index (χ0v) is 11.2. The van der Waals surface area contributed by atoms with Crippen LogP contribution < -0.4 is 0 Å². The summed E-state index contributed by atoms with van der Waals surface area (Å²) in [7, 11) is 0. The van der Waals surface area contributed by atoms with Crippen LogP contribution in [0.2, 0.25) is 0 Å². The maximum atomic E-state index is 11.1. The molecule has 1 aliphatic carbocycles. The van der Waals surface area contributed by atoms with Crippen molar-refractivity contribution in [3.63, 3.8) is 0 Å². The van der Waals surface area contributed by atoms with Gasteiger partial charge in [0.25, 0.3) is 0 Å². The van der Waals surface area contributed by atoms with Gasteiger partial charge in [-0.3, -0.25) is 4.90 Å². The number of hydrogen-bond acceptors (Lipinski definition) is 3. The zero-order chi connectivity index (χ0) is 13.3. The van der Waals surface area contributed by atoms with Crippen LogP contribution in [-0.4, -0.2) is 29.1 Å². The van der Waals surface area contributed by atoms with Crippen LogP contribution in [0.25, 0.3) is 0 Å². The molecule has 0 atom stereocenters. The molecule has 4 heteroatoms. The van der Waals surface area contributed by atoms with E-state index in [1.165, 1.54) is 44.8 Å². The maximum absolute atomic E-state index is 11.1. The van der Waals surface area contributed by atoms with E-state index >= 15 is 0 Å². The van der Waals surface area contributed by atoms with E-state index in [4.69, 9.17) is 9.52 Å². The molecule has 1 aromatic heterocycles. The van der Waals surface area contributed by atoms with Crippen LogP contribution in [0, 0.1) is 5.41 Å². The quantitative estimate of drug-likeness (QED) is 0.910. The van der Waals surface area contributed by atoms with E-state index in [1.807, 2.05) is 0 Å². The van der Waals surface area contributed by atoms with Crippen LogP contribution >= 0.6 is 0 Å². The van der Waals surface area contributed by atoms with E-state index in [0.29, 0.717) is 23.3 Å². The molecular weight excluding hydrogens is 242 g/mol. The highest BCUT2D eigenvalue weighted by atomic mass is 16.4. The fourth-order valence-electron chi connectivity index (χ4n) is 3.67. The summed E-state index contributed by atoms with van der Waals surface area (Å²) in [5.74, 6) is -0.303. The molecule has 2 aliphatic rings. The number of carbonyl (C=O) groups is 1. The van der Waals surface area contributed by atoms with Gasteiger partial charge in [-0.1, -0.05) is 12.8 Å². The van der Waals surface area contributed by atoms with Crippen molar-refractivity contribution < 1.29 is 14.3 Å². The Hall–Kier alpha value is -1.29. The summed E-state index contributed by atoms with van der Waals surface area (Å²) in [5.41, 5.74) is 0.913. The van der Waals surface area contributed by atoms with Crippen molar-refractivity contribution in [2.24, 2.45) is 5.41 Å². The predicted molar refractivity (Wildman–Crippen MR) is 71.1 cm³/mol. The van der Waals surface area contributed by atoms with Crippen molar-refractivity contribution in [3.05, 3.63) is 23.7 Å². The number of carboxylic acids is 1. The topological polar surface area (TPSA) is 53.7 Å². The first-order valence-corrected chi connectivity index (χ1v) is 7.21. The largest absolute Gasteiger partial charge is 0.478 e. The summed E-state index contributed by atoms with van der Waals surface area (Å²) in [6.07, 6.45) is 9.56. The van der Waals surface area contributed by atoms with Gasteiger partial charge in [-0.25, -0.2) is 4.79 Å². The first kappa shape index (κ1) is 12.7. The van der Waals surface area contributed by atoms with E-state index in [9.17, 15) is 4.79 Å². The average Bonchev–Trinajstić information content (AvgIpc) is 3.02. The molecule has 2 fully saturated rings. The van der Waals surface area contributed by atoms with Gasteiger partial charge in [0.15, 0.2) is 0 Å². The van der Waals surface area contributed by atoms with Crippen LogP contribution in [0.1, 0.15) is 54.6 Å². The monoisotopic (exact) mass is 263 g/mol. The minimum atomic E-state index is -0.895. The van der Waals surface area contributed by atoms with Gasteiger partial charge in [-0.2, -0.15) is 0 Å². The highest BCUT2D eigenvalue weighted by molar-refractivity contribution is 5.88. The van der Waals surface area contributed by atoms with Crippen LogP contribution in [0.4, 0.5) is 0 Å². The third-order valence-corrected chi connectivity index (χ3v) is 4.92. The summed E-state index contributed by atoms with van der Waals surface area (Å²) < 4.78 is 5.32. The van der Waals surface area contributed by atoms with Crippen molar-refractivity contribution in [3.8, 4) is 0 Å². The van der Waals surface area contributed by atoms with E-state index in [-0.39, 0.29) is 0 Å². The van der Waals surface area contributed by atoms with Crippen molar-refractivity contribution in [2.45, 2.75) is 45.1 Å². The summed E-state index contributed by atoms with van der Waals surface area (Å²) in [5, 5.41) is 9.07. The molecule has 1 N–H and O–H groups in total. The lowest BCUT2D eigenvalue weighted by molar-refractivity contribution is 0.0686. The molecule has 1 aliphatic heterocycles. The van der Waals surface area contributed by atoms with Crippen LogP contribution in [0.3, 0.4) is 0 Å². The Labute approximate surface area is 113 Å². The lowest BCUT2D eigenvalue weighted by atomic mass is 9.77. The normalized spacial score (nSPS) is 22.9. The Morgan fingerprint density at radius 2 is 1.95 bits per heavy atom. The number of rotatable bonds is 3. The van der Waals surface area contributed by atoms with Crippen molar-refractivity contribution >= 4 is 5.97 Å². The maximum Gasteiger partial charge on any atom is 0.339 e. The second-order valence-corrected chi connectivity index (χ2v) is 6.05. The molecule has 19 heavy (non-hydrogen) atoms. The lowest BCUT2D eigenvalue weighted by Gasteiger charge is -2.39. The smallest absolute Gasteiger partial charge is 0.339 e. The SMILES string of the molecule is O=C(O)c1ccoc1CN1CCC2(CCCC2)CC1. The molecule has 2 heterocycles. The van der Waals surface area contributed by atoms with Gasteiger partial charge >= 0.3 is 5.97 Å². The number of nitrogens with zero attached hydrogens (tertiary/aromatic N) is 1. The molecule has 1 saturated carbocycles. The van der Waals surface area contributed by atoms with Gasteiger partial charge < -0.3 is 9.52 Å². The second kappa shape index (κ2) is 5.00. The van der Waals surface area contributed by atoms with Crippen molar-refractivity contribution in [1.82, 2.24) is 4.90 Å². The molecule has 1 spiro atoms. The van der Waals surface area contributed by atoms with Crippen molar-refractivity contribution in [1.29, 1.82) is 0 Å². The summed E-state index contributed by atoms with van der Waals surface area (Å²) in [6, 6.07) is 1.54. The molecular formula is C15H21NO3. The number of hydrogen-bond donors (Lipinski definition) is 1. The standard InChI is InChI=1S/C15H21NO3/c17-14(18)12-3-10-19-13(12)11-16-8-6-15(7-9-16)4-1-2-5-15/h3,10H,1-2,4-9,11H2,(H,17,18). The van der Waals surface area contributed by atoms with Gasteiger partial charge in [-0.05, 0) is 50.3 Å². The highest BCUT2D eigenvalue weighted by Gasteiger charge is 2.37. The van der Waals surface area contributed by atoms with Crippen LogP contribution in [0.15, 0.2) is 16.7 Å². The van der Waals surface area contributed by atoms with Gasteiger partial charge in [0.2, 0.25) is 0 Å². The molecule has 0 bridgehead atoms. The lowest BCUT2D eigenvalue weighted by Crippen LogP contribution is -2.38. The Bertz CT molecular complexity index is 450. The molecule has 4 nitrogen and oxygen atoms in total. The van der Waals surface area contributed by atoms with E-state index < -0.39 is 5.97 Å². The Morgan fingerprint density at radius 3 is 2.58 bits per heavy atom. The Balaban J connectivity index is 1.60. The van der Waals surface area contributed by atoms with E-state index in [2.05, 4.69) is 4.90 Å². The van der Waals surface area contributed by atoms with Gasteiger partial charge in [0.05, 0.1) is 12.8 Å². The molecule has 1 aromatic rings. The van der Waals surface area contributed by atoms with Gasteiger partial charge in [0.1, 0.15) is 11.3 Å². The average molecular weight is 263 g/mol. The number of furan rings is 1. The first-order valence-electron chi connectivity index (χ1n) is 7.21. The Morgan fingerprint density at radius 1 is 1.26 bits per heavy atom. The van der Waals surface area contributed by atoms with Gasteiger partial charge in [0, 0.05) is 0 Å². The van der Waals surface area contributed by atoms with Crippen molar-refractivity contribution in [2.75, 3.05) is 13.1 Å². The predicted octanol–water partition coefficient (Wildman–Crippen LogP) is 3.13. The molecule has 3 rings (SSSR count). The number of likely N-dealkylation sites (tertiary alicyclic amines) is 1. The third-order valence-electron chi connectivity index (χ3n) is 4.92. The fraction of sp³-hybridized carbons (Fsp3) is 0.667. The molecule has 0 unspecified atom stereocenters. The number of piperidine rings is 1. The second-order valence-electron chi connectivity index (χ2n) is 6.05. The van der Waals surface area contributed by atoms with Crippen LogP contribution in [0.5, 0.6) is 0 Å². The third kappa shape index (κ3) is 2.54. The number of aromatic carboxylic acids is 1.